The predicted molar refractivity (Wildman–Crippen MR) is 180 cm³/mol. The molecule has 3 aliphatic carbocycles. The van der Waals surface area contributed by atoms with E-state index in [0.717, 1.165) is 12.8 Å². The molecule has 1 saturated carbocycles. The lowest BCUT2D eigenvalue weighted by molar-refractivity contribution is -0.157. The monoisotopic (exact) mass is 660 g/mol. The van der Waals surface area contributed by atoms with Crippen LogP contribution in [-0.2, 0) is 19.1 Å². The predicted octanol–water partition coefficient (Wildman–Crippen LogP) is 6.67. The summed E-state index contributed by atoms with van der Waals surface area (Å²) in [6.07, 6.45) is 8.84. The molecule has 0 aromatic heterocycles. The van der Waals surface area contributed by atoms with Crippen molar-refractivity contribution in [2.45, 2.75) is 116 Å². The molecular formula is C39H48O9. The summed E-state index contributed by atoms with van der Waals surface area (Å²) in [7, 11) is 0. The Morgan fingerprint density at radius 1 is 1.10 bits per heavy atom. The van der Waals surface area contributed by atoms with Crippen molar-refractivity contribution in [2.24, 2.45) is 23.7 Å². The minimum absolute atomic E-state index is 0.0213. The van der Waals surface area contributed by atoms with Gasteiger partial charge in [0.1, 0.15) is 41.0 Å². The number of ether oxygens (including phenoxy) is 3. The highest BCUT2D eigenvalue weighted by molar-refractivity contribution is 6.16. The van der Waals surface area contributed by atoms with Crippen molar-refractivity contribution in [1.82, 2.24) is 0 Å². The second kappa shape index (κ2) is 11.8. The number of aromatic hydroxyl groups is 1. The van der Waals surface area contributed by atoms with Gasteiger partial charge in [-0.05, 0) is 85.6 Å². The molecule has 48 heavy (non-hydrogen) atoms. The van der Waals surface area contributed by atoms with Gasteiger partial charge in [0, 0.05) is 40.5 Å². The molecule has 3 fully saturated rings. The number of Topliss-reactive ketones (excluding diaryl/α,β-unsaturated/α-hetero) is 2. The molecule has 0 spiro atoms. The Morgan fingerprint density at radius 3 is 2.42 bits per heavy atom. The van der Waals surface area contributed by atoms with Crippen LogP contribution < -0.4 is 4.74 Å². The lowest BCUT2D eigenvalue weighted by Gasteiger charge is -2.43. The van der Waals surface area contributed by atoms with Crippen LogP contribution in [0.3, 0.4) is 0 Å². The number of carboxylic acid groups (broad SMARTS) is 1. The number of hydrogen-bond acceptors (Lipinski definition) is 8. The quantitative estimate of drug-likeness (QED) is 0.142. The Bertz CT molecular complexity index is 1690. The molecule has 6 aliphatic rings. The number of aliphatic hydroxyl groups excluding tert-OH is 1. The van der Waals surface area contributed by atoms with E-state index in [-0.39, 0.29) is 52.2 Å². The molecule has 3 aliphatic heterocycles. The van der Waals surface area contributed by atoms with Crippen LogP contribution in [0, 0.1) is 23.7 Å². The van der Waals surface area contributed by atoms with Crippen LogP contribution in [-0.4, -0.2) is 61.9 Å². The van der Waals surface area contributed by atoms with Crippen molar-refractivity contribution < 1.29 is 43.9 Å². The fourth-order valence-electron chi connectivity index (χ4n) is 8.38. The first-order valence-corrected chi connectivity index (χ1v) is 17.0. The van der Waals surface area contributed by atoms with Crippen molar-refractivity contribution in [3.63, 3.8) is 0 Å². The highest BCUT2D eigenvalue weighted by Gasteiger charge is 2.71. The van der Waals surface area contributed by atoms with Crippen LogP contribution in [0.25, 0.3) is 6.08 Å². The molecule has 1 aromatic carbocycles. The molecule has 9 heteroatoms. The SMILES string of the molecule is CC(C)=CCCC(C)C=Cc1cc(C(O)C2OC2(C)C)c2c(c1O)C(=O)C1=C[C@@H]3CC4C(C1O2)C(C/C=C(/C)C(=O)O)(OC4(C)C)C3=O. The van der Waals surface area contributed by atoms with E-state index in [2.05, 4.69) is 26.8 Å². The van der Waals surface area contributed by atoms with E-state index >= 15 is 0 Å². The molecule has 4 bridgehead atoms. The Labute approximate surface area is 282 Å². The zero-order valence-electron chi connectivity index (χ0n) is 29.1. The summed E-state index contributed by atoms with van der Waals surface area (Å²) in [5, 5.41) is 32.9. The van der Waals surface area contributed by atoms with E-state index in [1.165, 1.54) is 18.6 Å². The van der Waals surface area contributed by atoms with Crippen molar-refractivity contribution >= 4 is 23.6 Å². The van der Waals surface area contributed by atoms with Crippen molar-refractivity contribution in [3.05, 3.63) is 63.8 Å². The lowest BCUT2D eigenvalue weighted by atomic mass is 9.62. The zero-order chi connectivity index (χ0) is 35.1. The molecule has 3 N–H and O–H groups in total. The number of epoxide rings is 1. The molecule has 2 saturated heterocycles. The van der Waals surface area contributed by atoms with Crippen molar-refractivity contribution in [2.75, 3.05) is 0 Å². The average molecular weight is 661 g/mol. The first-order valence-electron chi connectivity index (χ1n) is 17.0. The number of phenols is 1. The smallest absolute Gasteiger partial charge is 0.330 e. The van der Waals surface area contributed by atoms with E-state index in [0.29, 0.717) is 17.5 Å². The van der Waals surface area contributed by atoms with Gasteiger partial charge in [-0.15, -0.1) is 0 Å². The number of fused-ring (bicyclic) bond motifs is 1. The van der Waals surface area contributed by atoms with E-state index < -0.39 is 58.7 Å². The first kappa shape index (κ1) is 34.3. The van der Waals surface area contributed by atoms with Gasteiger partial charge >= 0.3 is 5.97 Å². The number of carbonyl (C=O) groups is 3. The number of aliphatic carboxylic acids is 1. The third kappa shape index (κ3) is 5.57. The molecule has 7 unspecified atom stereocenters. The fraction of sp³-hybridized carbons (Fsp3) is 0.564. The highest BCUT2D eigenvalue weighted by atomic mass is 16.6. The maximum absolute atomic E-state index is 14.6. The minimum atomic E-state index is -1.42. The van der Waals surface area contributed by atoms with Gasteiger partial charge < -0.3 is 29.5 Å². The average Bonchev–Trinajstić information content (AvgIpc) is 3.66. The van der Waals surface area contributed by atoms with Gasteiger partial charge in [-0.1, -0.05) is 42.9 Å². The Hall–Kier alpha value is -3.53. The second-order valence-corrected chi connectivity index (χ2v) is 15.7. The number of hydrogen-bond donors (Lipinski definition) is 3. The van der Waals surface area contributed by atoms with Gasteiger partial charge in [-0.25, -0.2) is 4.79 Å². The standard InChI is InChI=1S/C39H48O9/c1-19(2)10-9-11-20(3)12-13-22-16-25(31(42)35-38(7,8)47-35)32-27(29(22)40)30(41)24-17-23-18-26-28(33(24)46-32)39(34(23)43,48-37(26,5)6)15-14-21(4)36(44)45/h10,12-14,16-17,20,23,26,28,31,33,35,40,42H,9,11,15,18H2,1-8H3,(H,44,45)/b13-12?,21-14-/t20?,23-,26?,28?,31?,33?,35?,39?/m1/s1. The van der Waals surface area contributed by atoms with E-state index in [4.69, 9.17) is 14.2 Å². The van der Waals surface area contributed by atoms with Crippen LogP contribution in [0.1, 0.15) is 109 Å². The summed E-state index contributed by atoms with van der Waals surface area (Å²) in [5.74, 6) is -3.16. The van der Waals surface area contributed by atoms with Crippen LogP contribution in [0.2, 0.25) is 0 Å². The topological polar surface area (TPSA) is 143 Å². The number of benzene rings is 1. The minimum Gasteiger partial charge on any atom is -0.506 e. The first-order chi connectivity index (χ1) is 22.4. The number of allylic oxidation sites excluding steroid dienone is 4. The van der Waals surface area contributed by atoms with Crippen LogP contribution in [0.5, 0.6) is 11.5 Å². The molecule has 0 radical (unpaired) electrons. The highest BCUT2D eigenvalue weighted by Crippen LogP contribution is 2.62. The summed E-state index contributed by atoms with van der Waals surface area (Å²) in [5.41, 5.74) is -0.466. The summed E-state index contributed by atoms with van der Waals surface area (Å²) >= 11 is 0. The number of carboxylic acids is 1. The molecule has 7 rings (SSSR count). The lowest BCUT2D eigenvalue weighted by Crippen LogP contribution is -2.55. The molecular weight excluding hydrogens is 612 g/mol. The van der Waals surface area contributed by atoms with Gasteiger partial charge in [0.2, 0.25) is 0 Å². The number of ketones is 2. The Balaban J connectivity index is 1.46. The van der Waals surface area contributed by atoms with Crippen molar-refractivity contribution in [1.29, 1.82) is 0 Å². The summed E-state index contributed by atoms with van der Waals surface area (Å²) in [4.78, 5) is 40.6. The normalized spacial score (nSPS) is 32.1. The number of rotatable bonds is 10. The Morgan fingerprint density at radius 2 is 1.79 bits per heavy atom. The van der Waals surface area contributed by atoms with E-state index in [9.17, 15) is 29.7 Å². The third-order valence-electron chi connectivity index (χ3n) is 11.1. The number of aliphatic hydroxyl groups is 1. The maximum atomic E-state index is 14.6. The van der Waals surface area contributed by atoms with Crippen molar-refractivity contribution in [3.8, 4) is 11.5 Å². The van der Waals surface area contributed by atoms with Crippen LogP contribution in [0.15, 0.2) is 47.1 Å². The molecule has 258 valence electrons. The molecule has 0 amide bonds. The summed E-state index contributed by atoms with van der Waals surface area (Å²) < 4.78 is 19.2. The molecule has 9 nitrogen and oxygen atoms in total. The van der Waals surface area contributed by atoms with Gasteiger partial charge in [0.25, 0.3) is 0 Å². The van der Waals surface area contributed by atoms with Crippen LogP contribution >= 0.6 is 0 Å². The summed E-state index contributed by atoms with van der Waals surface area (Å²) in [6.45, 7) is 15.3. The zero-order valence-corrected chi connectivity index (χ0v) is 29.1. The fourth-order valence-corrected chi connectivity index (χ4v) is 8.38. The number of phenolic OH excluding ortho intramolecular Hbond substituents is 1. The molecule has 8 atom stereocenters. The number of carbonyl (C=O) groups excluding carboxylic acids is 2. The molecule has 1 aromatic rings. The van der Waals surface area contributed by atoms with Crippen LogP contribution in [0.4, 0.5) is 0 Å². The largest absolute Gasteiger partial charge is 0.506 e. The van der Waals surface area contributed by atoms with Gasteiger partial charge in [0.15, 0.2) is 11.6 Å². The third-order valence-corrected chi connectivity index (χ3v) is 11.1. The van der Waals surface area contributed by atoms with E-state index in [1.807, 2.05) is 33.8 Å². The van der Waals surface area contributed by atoms with Gasteiger partial charge in [-0.3, -0.25) is 9.59 Å². The molecule has 3 heterocycles. The van der Waals surface area contributed by atoms with E-state index in [1.54, 1.807) is 18.2 Å². The van der Waals surface area contributed by atoms with Gasteiger partial charge in [0.05, 0.1) is 11.2 Å². The summed E-state index contributed by atoms with van der Waals surface area (Å²) in [6, 6.07) is 1.67. The van der Waals surface area contributed by atoms with Gasteiger partial charge in [-0.2, -0.15) is 0 Å². The maximum Gasteiger partial charge on any atom is 0.330 e. The second-order valence-electron chi connectivity index (χ2n) is 15.7. The Kier molecular flexibility index (Phi) is 8.45.